The van der Waals surface area contributed by atoms with Gasteiger partial charge < -0.3 is 10.1 Å². The zero-order valence-corrected chi connectivity index (χ0v) is 11.1. The van der Waals surface area contributed by atoms with Gasteiger partial charge in [0.2, 0.25) is 0 Å². The molecule has 0 aliphatic carbocycles. The molecule has 2 nitrogen and oxygen atoms in total. The number of benzene rings is 1. The molecule has 0 fully saturated rings. The first-order valence-electron chi connectivity index (χ1n) is 5.96. The van der Waals surface area contributed by atoms with Gasteiger partial charge in [-0.2, -0.15) is 0 Å². The monoisotopic (exact) mass is 221 g/mol. The van der Waals surface area contributed by atoms with Gasteiger partial charge in [-0.05, 0) is 38.3 Å². The summed E-state index contributed by atoms with van der Waals surface area (Å²) >= 11 is 0. The number of nitrogens with one attached hydrogen (secondary N) is 1. The molecule has 1 N–H and O–H groups in total. The Morgan fingerprint density at radius 1 is 1.31 bits per heavy atom. The maximum atomic E-state index is 5.48. The molecule has 16 heavy (non-hydrogen) atoms. The molecule has 0 spiro atoms. The number of ether oxygens (including phenoxy) is 1. The summed E-state index contributed by atoms with van der Waals surface area (Å²) in [7, 11) is 1.74. The molecular weight excluding hydrogens is 198 g/mol. The molecule has 1 atom stereocenters. The highest BCUT2D eigenvalue weighted by molar-refractivity contribution is 5.45. The van der Waals surface area contributed by atoms with Crippen LogP contribution in [0.4, 0.5) is 0 Å². The third kappa shape index (κ3) is 2.99. The van der Waals surface area contributed by atoms with E-state index in [1.165, 1.54) is 16.7 Å². The topological polar surface area (TPSA) is 21.3 Å². The minimum atomic E-state index is 0.548. The second-order valence-electron chi connectivity index (χ2n) is 4.39. The van der Waals surface area contributed by atoms with Crippen molar-refractivity contribution in [2.45, 2.75) is 46.7 Å². The van der Waals surface area contributed by atoms with E-state index in [0.29, 0.717) is 6.04 Å². The molecule has 2 heteroatoms. The summed E-state index contributed by atoms with van der Waals surface area (Å²) in [5.41, 5.74) is 3.76. The Morgan fingerprint density at radius 3 is 2.56 bits per heavy atom. The fourth-order valence-corrected chi connectivity index (χ4v) is 1.70. The fourth-order valence-electron chi connectivity index (χ4n) is 1.70. The first kappa shape index (κ1) is 13.0. The molecule has 0 saturated carbocycles. The normalized spacial score (nSPS) is 12.6. The van der Waals surface area contributed by atoms with Gasteiger partial charge >= 0.3 is 0 Å². The van der Waals surface area contributed by atoms with Crippen molar-refractivity contribution in [3.8, 4) is 5.75 Å². The Bertz CT molecular complexity index is 347. The Balaban J connectivity index is 2.84. The Kier molecular flexibility index (Phi) is 4.81. The molecule has 1 rings (SSSR count). The summed E-state index contributed by atoms with van der Waals surface area (Å²) < 4.78 is 5.48. The van der Waals surface area contributed by atoms with Crippen LogP contribution in [0.25, 0.3) is 0 Å². The lowest BCUT2D eigenvalue weighted by molar-refractivity contribution is 0.402. The van der Waals surface area contributed by atoms with Crippen LogP contribution in [0.15, 0.2) is 12.1 Å². The molecule has 1 aromatic rings. The van der Waals surface area contributed by atoms with Gasteiger partial charge in [-0.25, -0.2) is 0 Å². The third-order valence-electron chi connectivity index (χ3n) is 3.22. The van der Waals surface area contributed by atoms with Crippen LogP contribution >= 0.6 is 0 Å². The van der Waals surface area contributed by atoms with E-state index in [-0.39, 0.29) is 0 Å². The molecule has 0 heterocycles. The van der Waals surface area contributed by atoms with Crippen LogP contribution in [-0.2, 0) is 6.54 Å². The molecule has 0 saturated heterocycles. The molecule has 0 aromatic heterocycles. The van der Waals surface area contributed by atoms with E-state index in [1.807, 2.05) is 0 Å². The van der Waals surface area contributed by atoms with Crippen molar-refractivity contribution < 1.29 is 4.74 Å². The maximum Gasteiger partial charge on any atom is 0.126 e. The van der Waals surface area contributed by atoms with Crippen LogP contribution in [0.5, 0.6) is 5.75 Å². The van der Waals surface area contributed by atoms with Gasteiger partial charge in [0.15, 0.2) is 0 Å². The lowest BCUT2D eigenvalue weighted by Gasteiger charge is -2.16. The van der Waals surface area contributed by atoms with Gasteiger partial charge in [0.25, 0.3) is 0 Å². The van der Waals surface area contributed by atoms with Crippen molar-refractivity contribution in [3.05, 3.63) is 28.8 Å². The zero-order chi connectivity index (χ0) is 12.1. The first-order valence-corrected chi connectivity index (χ1v) is 5.96. The van der Waals surface area contributed by atoms with Crippen LogP contribution in [0.1, 0.15) is 37.0 Å². The minimum Gasteiger partial charge on any atom is -0.496 e. The van der Waals surface area contributed by atoms with Gasteiger partial charge in [-0.15, -0.1) is 0 Å². The summed E-state index contributed by atoms with van der Waals surface area (Å²) in [6.45, 7) is 9.49. The van der Waals surface area contributed by atoms with Crippen molar-refractivity contribution in [1.82, 2.24) is 5.32 Å². The molecule has 0 aliphatic rings. The van der Waals surface area contributed by atoms with Crippen molar-refractivity contribution in [2.75, 3.05) is 7.11 Å². The summed E-state index contributed by atoms with van der Waals surface area (Å²) in [6.07, 6.45) is 1.15. The SMILES string of the molecule is CC[C@@H](C)NCc1ccc(C)c(C)c1OC. The van der Waals surface area contributed by atoms with Crippen LogP contribution in [0, 0.1) is 13.8 Å². The standard InChI is InChI=1S/C14H23NO/c1-6-11(3)15-9-13-8-7-10(2)12(4)14(13)16-5/h7-8,11,15H,6,9H2,1-5H3/t11-/m1/s1. The Labute approximate surface area is 99.0 Å². The molecule has 0 aliphatic heterocycles. The van der Waals surface area contributed by atoms with Crippen LogP contribution in [0.3, 0.4) is 0 Å². The summed E-state index contributed by atoms with van der Waals surface area (Å²) in [5, 5.41) is 3.49. The van der Waals surface area contributed by atoms with E-state index in [1.54, 1.807) is 7.11 Å². The number of methoxy groups -OCH3 is 1. The van der Waals surface area contributed by atoms with Crippen LogP contribution in [-0.4, -0.2) is 13.2 Å². The Hall–Kier alpha value is -1.02. The van der Waals surface area contributed by atoms with E-state index in [9.17, 15) is 0 Å². The highest BCUT2D eigenvalue weighted by atomic mass is 16.5. The lowest BCUT2D eigenvalue weighted by atomic mass is 10.0. The second-order valence-corrected chi connectivity index (χ2v) is 4.39. The summed E-state index contributed by atoms with van der Waals surface area (Å²) in [6, 6.07) is 4.86. The average molecular weight is 221 g/mol. The molecule has 0 bridgehead atoms. The summed E-state index contributed by atoms with van der Waals surface area (Å²) in [5.74, 6) is 1.02. The Morgan fingerprint density at radius 2 is 2.00 bits per heavy atom. The third-order valence-corrected chi connectivity index (χ3v) is 3.22. The molecule has 0 unspecified atom stereocenters. The predicted molar refractivity (Wildman–Crippen MR) is 69.1 cm³/mol. The molecular formula is C14H23NO. The van der Waals surface area contributed by atoms with E-state index in [0.717, 1.165) is 18.7 Å². The maximum absolute atomic E-state index is 5.48. The minimum absolute atomic E-state index is 0.548. The molecule has 1 aromatic carbocycles. The highest BCUT2D eigenvalue weighted by Crippen LogP contribution is 2.26. The van der Waals surface area contributed by atoms with E-state index < -0.39 is 0 Å². The van der Waals surface area contributed by atoms with Crippen LogP contribution in [0.2, 0.25) is 0 Å². The van der Waals surface area contributed by atoms with Gasteiger partial charge in [0, 0.05) is 18.2 Å². The highest BCUT2D eigenvalue weighted by Gasteiger charge is 2.08. The van der Waals surface area contributed by atoms with Crippen molar-refractivity contribution in [2.24, 2.45) is 0 Å². The fraction of sp³-hybridized carbons (Fsp3) is 0.571. The van der Waals surface area contributed by atoms with Gasteiger partial charge in [0.05, 0.1) is 7.11 Å². The second kappa shape index (κ2) is 5.90. The molecule has 0 radical (unpaired) electrons. The van der Waals surface area contributed by atoms with E-state index in [2.05, 4.69) is 45.1 Å². The van der Waals surface area contributed by atoms with Crippen molar-refractivity contribution in [1.29, 1.82) is 0 Å². The molecule has 0 amide bonds. The van der Waals surface area contributed by atoms with Gasteiger partial charge in [-0.3, -0.25) is 0 Å². The first-order chi connectivity index (χ1) is 7.60. The number of rotatable bonds is 5. The van der Waals surface area contributed by atoms with Gasteiger partial charge in [-0.1, -0.05) is 19.1 Å². The number of hydrogen-bond acceptors (Lipinski definition) is 2. The van der Waals surface area contributed by atoms with Gasteiger partial charge in [0.1, 0.15) is 5.75 Å². The van der Waals surface area contributed by atoms with Crippen molar-refractivity contribution >= 4 is 0 Å². The number of aryl methyl sites for hydroxylation is 1. The smallest absolute Gasteiger partial charge is 0.126 e. The lowest BCUT2D eigenvalue weighted by Crippen LogP contribution is -2.24. The predicted octanol–water partition coefficient (Wildman–Crippen LogP) is 3.20. The number of hydrogen-bond donors (Lipinski definition) is 1. The summed E-state index contributed by atoms with van der Waals surface area (Å²) in [4.78, 5) is 0. The quantitative estimate of drug-likeness (QED) is 0.824. The molecule has 90 valence electrons. The zero-order valence-electron chi connectivity index (χ0n) is 11.1. The average Bonchev–Trinajstić information content (AvgIpc) is 2.30. The van der Waals surface area contributed by atoms with E-state index >= 15 is 0 Å². The van der Waals surface area contributed by atoms with E-state index in [4.69, 9.17) is 4.74 Å². The van der Waals surface area contributed by atoms with Crippen molar-refractivity contribution in [3.63, 3.8) is 0 Å². The largest absolute Gasteiger partial charge is 0.496 e. The van der Waals surface area contributed by atoms with Crippen LogP contribution < -0.4 is 10.1 Å².